The standard InChI is InChI=1S/C15H10O2/c16-10-11-1-3-12(4-2-11)13-5-6-15-14(9-13)7-8-17-15/h1-10H. The first-order chi connectivity index (χ1) is 8.36. The van der Waals surface area contributed by atoms with Gasteiger partial charge in [0, 0.05) is 10.9 Å². The first-order valence-corrected chi connectivity index (χ1v) is 5.40. The summed E-state index contributed by atoms with van der Waals surface area (Å²) in [5.41, 5.74) is 3.80. The average molecular weight is 222 g/mol. The van der Waals surface area contributed by atoms with Crippen LogP contribution in [0.1, 0.15) is 10.4 Å². The highest BCUT2D eigenvalue weighted by molar-refractivity contribution is 5.84. The number of fused-ring (bicyclic) bond motifs is 1. The van der Waals surface area contributed by atoms with Crippen molar-refractivity contribution in [3.05, 3.63) is 60.4 Å². The summed E-state index contributed by atoms with van der Waals surface area (Å²) in [4.78, 5) is 10.6. The summed E-state index contributed by atoms with van der Waals surface area (Å²) in [7, 11) is 0. The number of benzene rings is 2. The number of aldehydes is 1. The van der Waals surface area contributed by atoms with Gasteiger partial charge in [-0.1, -0.05) is 30.3 Å². The van der Waals surface area contributed by atoms with Gasteiger partial charge < -0.3 is 4.42 Å². The second-order valence-corrected chi connectivity index (χ2v) is 3.91. The lowest BCUT2D eigenvalue weighted by Gasteiger charge is -2.01. The number of rotatable bonds is 2. The first-order valence-electron chi connectivity index (χ1n) is 5.40. The van der Waals surface area contributed by atoms with E-state index in [1.807, 2.05) is 42.5 Å². The van der Waals surface area contributed by atoms with E-state index in [-0.39, 0.29) is 0 Å². The van der Waals surface area contributed by atoms with Crippen LogP contribution in [0.25, 0.3) is 22.1 Å². The Morgan fingerprint density at radius 1 is 0.882 bits per heavy atom. The summed E-state index contributed by atoms with van der Waals surface area (Å²) >= 11 is 0. The molecule has 0 unspecified atom stereocenters. The normalized spacial score (nSPS) is 10.6. The third kappa shape index (κ3) is 1.74. The maximum Gasteiger partial charge on any atom is 0.150 e. The summed E-state index contributed by atoms with van der Waals surface area (Å²) in [5, 5.41) is 1.09. The number of hydrogen-bond acceptors (Lipinski definition) is 2. The Balaban J connectivity index is 2.09. The molecule has 0 fully saturated rings. The molecule has 0 aliphatic rings. The van der Waals surface area contributed by atoms with Crippen LogP contribution in [0.15, 0.2) is 59.2 Å². The maximum atomic E-state index is 10.6. The van der Waals surface area contributed by atoms with Crippen molar-refractivity contribution in [1.29, 1.82) is 0 Å². The van der Waals surface area contributed by atoms with E-state index >= 15 is 0 Å². The fourth-order valence-corrected chi connectivity index (χ4v) is 1.90. The molecule has 0 aliphatic carbocycles. The van der Waals surface area contributed by atoms with Crippen molar-refractivity contribution in [2.45, 2.75) is 0 Å². The molecule has 82 valence electrons. The van der Waals surface area contributed by atoms with Crippen LogP contribution in [0, 0.1) is 0 Å². The SMILES string of the molecule is O=Cc1ccc(-c2ccc3occc3c2)cc1. The van der Waals surface area contributed by atoms with E-state index in [1.165, 1.54) is 0 Å². The molecule has 2 heteroatoms. The highest BCUT2D eigenvalue weighted by Gasteiger charge is 2.01. The number of carbonyl (C=O) groups excluding carboxylic acids is 1. The second kappa shape index (κ2) is 3.91. The molecule has 0 spiro atoms. The van der Waals surface area contributed by atoms with Crippen molar-refractivity contribution in [2.75, 3.05) is 0 Å². The van der Waals surface area contributed by atoms with Crippen molar-refractivity contribution in [1.82, 2.24) is 0 Å². The van der Waals surface area contributed by atoms with Crippen molar-refractivity contribution < 1.29 is 9.21 Å². The van der Waals surface area contributed by atoms with Crippen molar-refractivity contribution in [3.63, 3.8) is 0 Å². The third-order valence-electron chi connectivity index (χ3n) is 2.83. The van der Waals surface area contributed by atoms with Gasteiger partial charge in [0.15, 0.2) is 0 Å². The predicted octanol–water partition coefficient (Wildman–Crippen LogP) is 3.91. The quantitative estimate of drug-likeness (QED) is 0.615. The molecular weight excluding hydrogens is 212 g/mol. The fraction of sp³-hybridized carbons (Fsp3) is 0. The van der Waals surface area contributed by atoms with Gasteiger partial charge in [-0.15, -0.1) is 0 Å². The van der Waals surface area contributed by atoms with Gasteiger partial charge in [0.2, 0.25) is 0 Å². The van der Waals surface area contributed by atoms with E-state index in [1.54, 1.807) is 6.26 Å². The van der Waals surface area contributed by atoms with Crippen LogP contribution in [0.2, 0.25) is 0 Å². The molecule has 1 aromatic heterocycles. The van der Waals surface area contributed by atoms with Crippen LogP contribution in [-0.4, -0.2) is 6.29 Å². The van der Waals surface area contributed by atoms with E-state index < -0.39 is 0 Å². The summed E-state index contributed by atoms with van der Waals surface area (Å²) in [6.07, 6.45) is 2.53. The van der Waals surface area contributed by atoms with E-state index in [0.29, 0.717) is 5.56 Å². The Morgan fingerprint density at radius 3 is 2.41 bits per heavy atom. The summed E-state index contributed by atoms with van der Waals surface area (Å²) < 4.78 is 5.30. The monoisotopic (exact) mass is 222 g/mol. The van der Waals surface area contributed by atoms with Crippen LogP contribution in [0.5, 0.6) is 0 Å². The Labute approximate surface area is 98.5 Å². The molecule has 0 N–H and O–H groups in total. The molecule has 0 radical (unpaired) electrons. The molecule has 0 atom stereocenters. The van der Waals surface area contributed by atoms with Crippen LogP contribution >= 0.6 is 0 Å². The lowest BCUT2D eigenvalue weighted by molar-refractivity contribution is 0.112. The van der Waals surface area contributed by atoms with Gasteiger partial charge in [-0.3, -0.25) is 4.79 Å². The van der Waals surface area contributed by atoms with Crippen LogP contribution in [-0.2, 0) is 0 Å². The van der Waals surface area contributed by atoms with E-state index in [9.17, 15) is 4.79 Å². The molecule has 0 saturated carbocycles. The van der Waals surface area contributed by atoms with Gasteiger partial charge in [0.05, 0.1) is 6.26 Å². The van der Waals surface area contributed by atoms with Crippen LogP contribution in [0.3, 0.4) is 0 Å². The van der Waals surface area contributed by atoms with Gasteiger partial charge >= 0.3 is 0 Å². The molecule has 0 aliphatic heterocycles. The second-order valence-electron chi connectivity index (χ2n) is 3.91. The lowest BCUT2D eigenvalue weighted by Crippen LogP contribution is -1.81. The van der Waals surface area contributed by atoms with Crippen LogP contribution in [0.4, 0.5) is 0 Å². The van der Waals surface area contributed by atoms with Crippen molar-refractivity contribution in [3.8, 4) is 11.1 Å². The summed E-state index contributed by atoms with van der Waals surface area (Å²) in [5.74, 6) is 0. The van der Waals surface area contributed by atoms with E-state index in [2.05, 4.69) is 6.07 Å². The Hall–Kier alpha value is -2.35. The number of furan rings is 1. The first kappa shape index (κ1) is 9.85. The molecule has 17 heavy (non-hydrogen) atoms. The van der Waals surface area contributed by atoms with Crippen LogP contribution < -0.4 is 0 Å². The molecule has 3 aromatic rings. The van der Waals surface area contributed by atoms with Gasteiger partial charge in [-0.05, 0) is 29.3 Å². The zero-order valence-electron chi connectivity index (χ0n) is 9.09. The minimum atomic E-state index is 0.693. The highest BCUT2D eigenvalue weighted by Crippen LogP contribution is 2.25. The van der Waals surface area contributed by atoms with Gasteiger partial charge in [0.25, 0.3) is 0 Å². The average Bonchev–Trinajstić information content (AvgIpc) is 2.86. The Morgan fingerprint density at radius 2 is 1.65 bits per heavy atom. The van der Waals surface area contributed by atoms with Crippen molar-refractivity contribution >= 4 is 17.3 Å². The molecule has 2 nitrogen and oxygen atoms in total. The van der Waals surface area contributed by atoms with Gasteiger partial charge in [-0.25, -0.2) is 0 Å². The van der Waals surface area contributed by atoms with E-state index in [0.717, 1.165) is 28.4 Å². The smallest absolute Gasteiger partial charge is 0.150 e. The van der Waals surface area contributed by atoms with E-state index in [4.69, 9.17) is 4.42 Å². The van der Waals surface area contributed by atoms with Gasteiger partial charge in [-0.2, -0.15) is 0 Å². The van der Waals surface area contributed by atoms with Crippen molar-refractivity contribution in [2.24, 2.45) is 0 Å². The molecule has 0 saturated heterocycles. The molecule has 1 heterocycles. The Kier molecular flexibility index (Phi) is 2.26. The summed E-state index contributed by atoms with van der Waals surface area (Å²) in [6, 6.07) is 15.5. The lowest BCUT2D eigenvalue weighted by atomic mass is 10.0. The number of hydrogen-bond donors (Lipinski definition) is 0. The maximum absolute atomic E-state index is 10.6. The molecule has 0 bridgehead atoms. The minimum absolute atomic E-state index is 0.693. The molecule has 2 aromatic carbocycles. The topological polar surface area (TPSA) is 30.2 Å². The minimum Gasteiger partial charge on any atom is -0.464 e. The largest absolute Gasteiger partial charge is 0.464 e. The molecule has 3 rings (SSSR count). The third-order valence-corrected chi connectivity index (χ3v) is 2.83. The molecule has 0 amide bonds. The Bertz CT molecular complexity index is 663. The zero-order valence-corrected chi connectivity index (χ0v) is 9.09. The zero-order chi connectivity index (χ0) is 11.7. The summed E-state index contributed by atoms with van der Waals surface area (Å²) in [6.45, 7) is 0. The van der Waals surface area contributed by atoms with Gasteiger partial charge in [0.1, 0.15) is 11.9 Å². The molecular formula is C15H10O2. The number of carbonyl (C=O) groups is 1. The highest BCUT2D eigenvalue weighted by atomic mass is 16.3. The fourth-order valence-electron chi connectivity index (χ4n) is 1.90. The predicted molar refractivity (Wildman–Crippen MR) is 67.0 cm³/mol.